The maximum absolute atomic E-state index is 12.2. The van der Waals surface area contributed by atoms with Crippen molar-refractivity contribution in [3.05, 3.63) is 59.7 Å². The number of anilines is 1. The Morgan fingerprint density at radius 3 is 2.58 bits per heavy atom. The molecule has 2 aromatic carbocycles. The van der Waals surface area contributed by atoms with E-state index >= 15 is 0 Å². The van der Waals surface area contributed by atoms with Gasteiger partial charge in [0.05, 0.1) is 5.56 Å². The Bertz CT molecular complexity index is 734. The van der Waals surface area contributed by atoms with Crippen molar-refractivity contribution < 1.29 is 27.8 Å². The predicted octanol–water partition coefficient (Wildman–Crippen LogP) is 3.39. The Morgan fingerprint density at radius 2 is 1.88 bits per heavy atom. The van der Waals surface area contributed by atoms with Crippen molar-refractivity contribution in [2.75, 3.05) is 11.9 Å². The van der Waals surface area contributed by atoms with Gasteiger partial charge in [-0.1, -0.05) is 18.2 Å². The van der Waals surface area contributed by atoms with Gasteiger partial charge in [0.25, 0.3) is 5.91 Å². The van der Waals surface area contributed by atoms with Crippen LogP contribution in [-0.2, 0) is 9.53 Å². The third-order valence-electron chi connectivity index (χ3n) is 2.93. The van der Waals surface area contributed by atoms with Crippen LogP contribution < -0.4 is 10.1 Å². The number of esters is 1. The van der Waals surface area contributed by atoms with Gasteiger partial charge in [-0.25, -0.2) is 4.79 Å². The summed E-state index contributed by atoms with van der Waals surface area (Å²) < 4.78 is 33.4. The first-order chi connectivity index (χ1) is 11.4. The lowest BCUT2D eigenvalue weighted by Crippen LogP contribution is -2.21. The average molecular weight is 335 g/mol. The van der Waals surface area contributed by atoms with Crippen molar-refractivity contribution in [2.45, 2.75) is 13.5 Å². The highest BCUT2D eigenvalue weighted by Crippen LogP contribution is 2.16. The summed E-state index contributed by atoms with van der Waals surface area (Å²) in [6, 6.07) is 12.3. The van der Waals surface area contributed by atoms with Gasteiger partial charge < -0.3 is 14.8 Å². The van der Waals surface area contributed by atoms with E-state index in [1.165, 1.54) is 18.2 Å². The van der Waals surface area contributed by atoms with E-state index in [1.54, 1.807) is 18.2 Å². The SMILES string of the molecule is Cc1cccc(NC(=O)COC(=O)c2cccc(OC(F)F)c2)c1. The van der Waals surface area contributed by atoms with Crippen molar-refractivity contribution in [3.8, 4) is 5.75 Å². The van der Waals surface area contributed by atoms with E-state index in [1.807, 2.05) is 13.0 Å². The standard InChI is InChI=1S/C17H15F2NO4/c1-11-4-2-6-13(8-11)20-15(21)10-23-16(22)12-5-3-7-14(9-12)24-17(18)19/h2-9,17H,10H2,1H3,(H,20,21). The number of aryl methyl sites for hydroxylation is 1. The zero-order valence-electron chi connectivity index (χ0n) is 12.8. The second-order valence-electron chi connectivity index (χ2n) is 4.90. The molecule has 0 unspecified atom stereocenters. The van der Waals surface area contributed by atoms with E-state index in [0.29, 0.717) is 5.69 Å². The molecule has 0 aliphatic heterocycles. The van der Waals surface area contributed by atoms with Crippen molar-refractivity contribution in [1.29, 1.82) is 0 Å². The quantitative estimate of drug-likeness (QED) is 0.822. The minimum Gasteiger partial charge on any atom is -0.452 e. The smallest absolute Gasteiger partial charge is 0.387 e. The fourth-order valence-corrected chi connectivity index (χ4v) is 1.93. The fourth-order valence-electron chi connectivity index (χ4n) is 1.93. The van der Waals surface area contributed by atoms with Crippen molar-refractivity contribution in [2.24, 2.45) is 0 Å². The molecule has 126 valence electrons. The van der Waals surface area contributed by atoms with Crippen LogP contribution in [0, 0.1) is 6.92 Å². The molecule has 0 aliphatic rings. The van der Waals surface area contributed by atoms with Gasteiger partial charge in [0.1, 0.15) is 5.75 Å². The summed E-state index contributed by atoms with van der Waals surface area (Å²) >= 11 is 0. The van der Waals surface area contributed by atoms with Crippen LogP contribution in [0.3, 0.4) is 0 Å². The summed E-state index contributed by atoms with van der Waals surface area (Å²) in [6.07, 6.45) is 0. The number of ether oxygens (including phenoxy) is 2. The van der Waals surface area contributed by atoms with Gasteiger partial charge in [-0.3, -0.25) is 4.79 Å². The van der Waals surface area contributed by atoms with E-state index in [-0.39, 0.29) is 11.3 Å². The Labute approximate surface area is 137 Å². The number of amides is 1. The molecule has 0 saturated carbocycles. The summed E-state index contributed by atoms with van der Waals surface area (Å²) in [5, 5.41) is 2.59. The molecule has 0 atom stereocenters. The summed E-state index contributed by atoms with van der Waals surface area (Å²) in [5.41, 5.74) is 1.57. The molecular weight excluding hydrogens is 320 g/mol. The molecule has 0 radical (unpaired) electrons. The highest BCUT2D eigenvalue weighted by Gasteiger charge is 2.12. The Kier molecular flexibility index (Phi) is 5.83. The summed E-state index contributed by atoms with van der Waals surface area (Å²) in [5.74, 6) is -1.48. The maximum atomic E-state index is 12.2. The first kappa shape index (κ1) is 17.4. The van der Waals surface area contributed by atoms with E-state index in [9.17, 15) is 18.4 Å². The molecule has 0 saturated heterocycles. The van der Waals surface area contributed by atoms with Crippen LogP contribution >= 0.6 is 0 Å². The molecule has 0 fully saturated rings. The second kappa shape index (κ2) is 8.05. The molecule has 0 aliphatic carbocycles. The first-order valence-electron chi connectivity index (χ1n) is 7.02. The topological polar surface area (TPSA) is 64.6 Å². The van der Waals surface area contributed by atoms with Gasteiger partial charge in [0, 0.05) is 5.69 Å². The third kappa shape index (κ3) is 5.35. The molecule has 24 heavy (non-hydrogen) atoms. The van der Waals surface area contributed by atoms with Gasteiger partial charge in [0.2, 0.25) is 0 Å². The molecule has 0 aromatic heterocycles. The van der Waals surface area contributed by atoms with Gasteiger partial charge >= 0.3 is 12.6 Å². The molecule has 1 N–H and O–H groups in total. The number of hydrogen-bond donors (Lipinski definition) is 1. The minimum atomic E-state index is -2.99. The lowest BCUT2D eigenvalue weighted by atomic mass is 10.2. The zero-order valence-corrected chi connectivity index (χ0v) is 12.8. The molecular formula is C17H15F2NO4. The molecule has 0 heterocycles. The monoisotopic (exact) mass is 335 g/mol. The Morgan fingerprint density at radius 1 is 1.12 bits per heavy atom. The second-order valence-corrected chi connectivity index (χ2v) is 4.90. The number of hydrogen-bond acceptors (Lipinski definition) is 4. The molecule has 5 nitrogen and oxygen atoms in total. The highest BCUT2D eigenvalue weighted by molar-refractivity contribution is 5.95. The van der Waals surface area contributed by atoms with Crippen molar-refractivity contribution in [1.82, 2.24) is 0 Å². The molecule has 1 amide bonds. The van der Waals surface area contributed by atoms with Crippen molar-refractivity contribution in [3.63, 3.8) is 0 Å². The van der Waals surface area contributed by atoms with Crippen molar-refractivity contribution >= 4 is 17.6 Å². The lowest BCUT2D eigenvalue weighted by molar-refractivity contribution is -0.119. The Balaban J connectivity index is 1.89. The van der Waals surface area contributed by atoms with Crippen LogP contribution in [0.5, 0.6) is 5.75 Å². The lowest BCUT2D eigenvalue weighted by Gasteiger charge is -2.08. The number of rotatable bonds is 6. The summed E-state index contributed by atoms with van der Waals surface area (Å²) in [7, 11) is 0. The van der Waals surface area contributed by atoms with Gasteiger partial charge in [-0.05, 0) is 42.8 Å². The molecule has 2 aromatic rings. The normalized spacial score (nSPS) is 10.3. The zero-order chi connectivity index (χ0) is 17.5. The van der Waals surface area contributed by atoms with E-state index in [2.05, 4.69) is 10.1 Å². The number of carbonyl (C=O) groups excluding carboxylic acids is 2. The van der Waals surface area contributed by atoms with Gasteiger partial charge in [0.15, 0.2) is 6.61 Å². The number of benzene rings is 2. The number of alkyl halides is 2. The van der Waals surface area contributed by atoms with Crippen LogP contribution in [0.1, 0.15) is 15.9 Å². The average Bonchev–Trinajstić information content (AvgIpc) is 2.52. The molecule has 7 heteroatoms. The molecule has 2 rings (SSSR count). The molecule has 0 spiro atoms. The highest BCUT2D eigenvalue weighted by atomic mass is 19.3. The minimum absolute atomic E-state index is 0.0107. The van der Waals surface area contributed by atoms with Gasteiger partial charge in [-0.2, -0.15) is 8.78 Å². The summed E-state index contributed by atoms with van der Waals surface area (Å²) in [6.45, 7) is -1.60. The van der Waals surface area contributed by atoms with Crippen LogP contribution in [0.15, 0.2) is 48.5 Å². The first-order valence-corrected chi connectivity index (χ1v) is 7.02. The number of halogens is 2. The maximum Gasteiger partial charge on any atom is 0.387 e. The fraction of sp³-hybridized carbons (Fsp3) is 0.176. The van der Waals surface area contributed by atoms with Crippen LogP contribution in [0.25, 0.3) is 0 Å². The molecule has 0 bridgehead atoms. The van der Waals surface area contributed by atoms with Crippen LogP contribution in [0.2, 0.25) is 0 Å². The van der Waals surface area contributed by atoms with Crippen LogP contribution in [0.4, 0.5) is 14.5 Å². The predicted molar refractivity (Wildman–Crippen MR) is 83.2 cm³/mol. The van der Waals surface area contributed by atoms with E-state index in [4.69, 9.17) is 4.74 Å². The van der Waals surface area contributed by atoms with Crippen LogP contribution in [-0.4, -0.2) is 25.1 Å². The number of carbonyl (C=O) groups is 2. The third-order valence-corrected chi connectivity index (χ3v) is 2.93. The van der Waals surface area contributed by atoms with Gasteiger partial charge in [-0.15, -0.1) is 0 Å². The largest absolute Gasteiger partial charge is 0.452 e. The van der Waals surface area contributed by atoms with E-state index < -0.39 is 25.1 Å². The number of nitrogens with one attached hydrogen (secondary N) is 1. The van der Waals surface area contributed by atoms with E-state index in [0.717, 1.165) is 11.6 Å². The summed E-state index contributed by atoms with van der Waals surface area (Å²) in [4.78, 5) is 23.6. The Hall–Kier alpha value is -2.96.